The van der Waals surface area contributed by atoms with Crippen molar-refractivity contribution in [2.24, 2.45) is 5.92 Å². The fraction of sp³-hybridized carbons (Fsp3) is 0.476. The molecular weight excluding hydrogens is 444 g/mol. The second kappa shape index (κ2) is 7.10. The van der Waals surface area contributed by atoms with Gasteiger partial charge in [-0.1, -0.05) is 6.07 Å². The van der Waals surface area contributed by atoms with Crippen LogP contribution >= 0.6 is 0 Å². The number of rotatable bonds is 7. The summed E-state index contributed by atoms with van der Waals surface area (Å²) >= 11 is 0. The standard InChI is InChI=1S/C21H22N8O3S/c1-22-11-21(12-27(13-21)33(31,32)16-7-8-16)28-10-15(9-23-28)17-3-2-4-18-24-20(26-29(17)18)25-19(30)14-5-6-14/h2-4,9-10,14,16H,5-8,11-13H2,(H,25,26,30). The molecule has 2 saturated carbocycles. The van der Waals surface area contributed by atoms with E-state index >= 15 is 0 Å². The quantitative estimate of drug-likeness (QED) is 0.525. The molecule has 1 N–H and O–H groups in total. The number of anilines is 1. The molecule has 0 radical (unpaired) electrons. The number of hydrogen-bond donors (Lipinski definition) is 1. The minimum Gasteiger partial charge on any atom is -0.314 e. The van der Waals surface area contributed by atoms with Gasteiger partial charge in [-0.25, -0.2) is 19.5 Å². The minimum absolute atomic E-state index is 0.0544. The summed E-state index contributed by atoms with van der Waals surface area (Å²) in [7, 11) is -3.28. The number of carbonyl (C=O) groups is 1. The first-order valence-corrected chi connectivity index (χ1v) is 12.4. The smallest absolute Gasteiger partial charge is 0.249 e. The molecule has 0 spiro atoms. The molecule has 33 heavy (non-hydrogen) atoms. The van der Waals surface area contributed by atoms with Crippen molar-refractivity contribution in [3.63, 3.8) is 0 Å². The van der Waals surface area contributed by atoms with Gasteiger partial charge in [0.05, 0.1) is 17.1 Å². The van der Waals surface area contributed by atoms with Gasteiger partial charge in [-0.3, -0.25) is 14.8 Å². The number of pyridine rings is 1. The lowest BCUT2D eigenvalue weighted by molar-refractivity contribution is -0.117. The fourth-order valence-corrected chi connectivity index (χ4v) is 6.27. The summed E-state index contributed by atoms with van der Waals surface area (Å²) in [4.78, 5) is 20.0. The zero-order valence-electron chi connectivity index (χ0n) is 17.8. The Morgan fingerprint density at radius 3 is 2.73 bits per heavy atom. The predicted octanol–water partition coefficient (Wildman–Crippen LogP) is 1.36. The summed E-state index contributed by atoms with van der Waals surface area (Å²) in [6.45, 7) is 8.04. The van der Waals surface area contributed by atoms with Crippen LogP contribution in [0, 0.1) is 12.5 Å². The van der Waals surface area contributed by atoms with E-state index in [9.17, 15) is 13.2 Å². The molecule has 12 heteroatoms. The van der Waals surface area contributed by atoms with Crippen LogP contribution in [0.25, 0.3) is 21.7 Å². The summed E-state index contributed by atoms with van der Waals surface area (Å²) in [6, 6.07) is 5.54. The lowest BCUT2D eigenvalue weighted by Crippen LogP contribution is -2.66. The molecule has 0 atom stereocenters. The second-order valence-electron chi connectivity index (χ2n) is 9.11. The molecule has 1 amide bonds. The number of sulfonamides is 1. The number of aromatic nitrogens is 5. The average Bonchev–Trinajstić information content (AvgIpc) is 3.69. The van der Waals surface area contributed by atoms with E-state index in [1.165, 1.54) is 4.31 Å². The van der Waals surface area contributed by atoms with Crippen molar-refractivity contribution in [3.8, 4) is 11.3 Å². The van der Waals surface area contributed by atoms with E-state index in [0.717, 1.165) is 24.1 Å². The maximum Gasteiger partial charge on any atom is 0.249 e. The van der Waals surface area contributed by atoms with Gasteiger partial charge in [0.2, 0.25) is 28.4 Å². The number of carbonyl (C=O) groups excluding carboxylic acids is 1. The van der Waals surface area contributed by atoms with Crippen LogP contribution in [0.1, 0.15) is 25.7 Å². The SMILES string of the molecule is [C-]#[N+]CC1(n2cc(-c3cccc4nc(NC(=O)C5CC5)nn34)cn2)CN(S(=O)(=O)C2CC2)C1. The van der Waals surface area contributed by atoms with Crippen molar-refractivity contribution in [2.75, 3.05) is 25.0 Å². The largest absolute Gasteiger partial charge is 0.314 e. The molecule has 4 heterocycles. The summed E-state index contributed by atoms with van der Waals surface area (Å²) < 4.78 is 30.0. The summed E-state index contributed by atoms with van der Waals surface area (Å²) in [5.41, 5.74) is 1.41. The maximum absolute atomic E-state index is 12.6. The van der Waals surface area contributed by atoms with Gasteiger partial charge in [-0.2, -0.15) is 14.4 Å². The van der Waals surface area contributed by atoms with Crippen molar-refractivity contribution in [1.82, 2.24) is 28.7 Å². The lowest BCUT2D eigenvalue weighted by atomic mass is 9.92. The van der Waals surface area contributed by atoms with Gasteiger partial charge < -0.3 is 4.85 Å². The molecular formula is C21H22N8O3S. The van der Waals surface area contributed by atoms with E-state index in [4.69, 9.17) is 6.57 Å². The highest BCUT2D eigenvalue weighted by Gasteiger charge is 2.55. The van der Waals surface area contributed by atoms with E-state index in [1.54, 1.807) is 21.5 Å². The van der Waals surface area contributed by atoms with Crippen molar-refractivity contribution < 1.29 is 13.2 Å². The zero-order chi connectivity index (χ0) is 22.8. The van der Waals surface area contributed by atoms with E-state index in [1.807, 2.05) is 18.3 Å². The first kappa shape index (κ1) is 20.3. The number of nitrogens with one attached hydrogen (secondary N) is 1. The molecule has 2 aliphatic carbocycles. The van der Waals surface area contributed by atoms with Crippen molar-refractivity contribution in [1.29, 1.82) is 0 Å². The third-order valence-corrected chi connectivity index (χ3v) is 8.82. The van der Waals surface area contributed by atoms with E-state index in [0.29, 0.717) is 18.5 Å². The van der Waals surface area contributed by atoms with Crippen LogP contribution in [0.15, 0.2) is 30.6 Å². The molecule has 0 aromatic carbocycles. The van der Waals surface area contributed by atoms with E-state index < -0.39 is 15.6 Å². The Morgan fingerprint density at radius 2 is 2.03 bits per heavy atom. The Hall–Kier alpha value is -3.30. The Labute approximate surface area is 190 Å². The molecule has 1 saturated heterocycles. The minimum atomic E-state index is -3.28. The van der Waals surface area contributed by atoms with Crippen LogP contribution in [0.5, 0.6) is 0 Å². The summed E-state index contributed by atoms with van der Waals surface area (Å²) in [6.07, 6.45) is 6.73. The number of fused-ring (bicyclic) bond motifs is 1. The molecule has 3 aliphatic rings. The Morgan fingerprint density at radius 1 is 1.24 bits per heavy atom. The molecule has 170 valence electrons. The number of amides is 1. The number of nitrogens with zero attached hydrogens (tertiary/aromatic N) is 7. The molecule has 6 rings (SSSR count). The first-order chi connectivity index (χ1) is 15.9. The van der Waals surface area contributed by atoms with Crippen LogP contribution < -0.4 is 5.32 Å². The van der Waals surface area contributed by atoms with Gasteiger partial charge in [-0.15, -0.1) is 5.10 Å². The monoisotopic (exact) mass is 466 g/mol. The first-order valence-electron chi connectivity index (χ1n) is 10.9. The molecule has 0 unspecified atom stereocenters. The van der Waals surface area contributed by atoms with E-state index in [-0.39, 0.29) is 42.7 Å². The molecule has 3 aromatic heterocycles. The van der Waals surface area contributed by atoms with Gasteiger partial charge in [-0.05, 0) is 37.8 Å². The maximum atomic E-state index is 12.6. The third-order valence-electron chi connectivity index (χ3n) is 6.53. The van der Waals surface area contributed by atoms with Gasteiger partial charge in [0.1, 0.15) is 0 Å². The molecule has 0 bridgehead atoms. The van der Waals surface area contributed by atoms with Crippen LogP contribution in [-0.4, -0.2) is 67.9 Å². The summed E-state index contributed by atoms with van der Waals surface area (Å²) in [5.74, 6) is 0.256. The van der Waals surface area contributed by atoms with Crippen LogP contribution in [0.4, 0.5) is 5.95 Å². The van der Waals surface area contributed by atoms with Crippen molar-refractivity contribution >= 4 is 27.5 Å². The fourth-order valence-electron chi connectivity index (χ4n) is 4.28. The second-order valence-corrected chi connectivity index (χ2v) is 11.3. The highest BCUT2D eigenvalue weighted by molar-refractivity contribution is 7.90. The van der Waals surface area contributed by atoms with Gasteiger partial charge in [0.15, 0.2) is 11.2 Å². The molecule has 11 nitrogen and oxygen atoms in total. The molecule has 1 aliphatic heterocycles. The topological polar surface area (TPSA) is 119 Å². The predicted molar refractivity (Wildman–Crippen MR) is 119 cm³/mol. The molecule has 3 fully saturated rings. The van der Waals surface area contributed by atoms with Gasteiger partial charge >= 0.3 is 0 Å². The highest BCUT2D eigenvalue weighted by atomic mass is 32.2. The Balaban J connectivity index is 1.29. The summed E-state index contributed by atoms with van der Waals surface area (Å²) in [5, 5.41) is 11.5. The van der Waals surface area contributed by atoms with Crippen LogP contribution in [-0.2, 0) is 20.4 Å². The average molecular weight is 467 g/mol. The van der Waals surface area contributed by atoms with Gasteiger partial charge in [0, 0.05) is 30.8 Å². The van der Waals surface area contributed by atoms with E-state index in [2.05, 4.69) is 25.3 Å². The highest BCUT2D eigenvalue weighted by Crippen LogP contribution is 2.39. The van der Waals surface area contributed by atoms with Gasteiger partial charge in [0.25, 0.3) is 0 Å². The Bertz CT molecular complexity index is 1400. The third kappa shape index (κ3) is 3.39. The number of hydrogen-bond acceptors (Lipinski definition) is 6. The van der Waals surface area contributed by atoms with Crippen molar-refractivity contribution in [3.05, 3.63) is 42.0 Å². The van der Waals surface area contributed by atoms with Crippen LogP contribution in [0.2, 0.25) is 0 Å². The molecule has 3 aromatic rings. The Kier molecular flexibility index (Phi) is 4.37. The van der Waals surface area contributed by atoms with Crippen molar-refractivity contribution in [2.45, 2.75) is 36.5 Å². The van der Waals surface area contributed by atoms with Crippen LogP contribution in [0.3, 0.4) is 0 Å². The lowest BCUT2D eigenvalue weighted by Gasteiger charge is -2.45. The normalized spacial score (nSPS) is 20.3. The zero-order valence-corrected chi connectivity index (χ0v) is 18.6.